The number of para-hydroxylation sites is 1. The summed E-state index contributed by atoms with van der Waals surface area (Å²) in [7, 11) is 0. The van der Waals surface area contributed by atoms with Crippen molar-refractivity contribution in [2.75, 3.05) is 5.32 Å². The van der Waals surface area contributed by atoms with E-state index in [0.29, 0.717) is 26.6 Å². The molecule has 2 N–H and O–H groups in total. The molecule has 1 aromatic carbocycles. The van der Waals surface area contributed by atoms with E-state index >= 15 is 0 Å². The summed E-state index contributed by atoms with van der Waals surface area (Å²) in [4.78, 5) is 4.19. The molecule has 21 heavy (non-hydrogen) atoms. The van der Waals surface area contributed by atoms with Gasteiger partial charge in [-0.1, -0.05) is 35.3 Å². The highest BCUT2D eigenvalue weighted by Crippen LogP contribution is 2.29. The molecule has 0 aliphatic heterocycles. The predicted octanol–water partition coefficient (Wildman–Crippen LogP) is 4.10. The number of thiocarbonyl (C=S) groups is 1. The number of anilines is 1. The first-order valence-corrected chi connectivity index (χ1v) is 7.21. The fourth-order valence-corrected chi connectivity index (χ4v) is 2.17. The van der Waals surface area contributed by atoms with Crippen LogP contribution >= 0.6 is 35.4 Å². The Balaban J connectivity index is 2.03. The smallest absolute Gasteiger partial charge is 0.191 e. The summed E-state index contributed by atoms with van der Waals surface area (Å²) in [6.45, 7) is 1.83. The summed E-state index contributed by atoms with van der Waals surface area (Å²) >= 11 is 17.3. The van der Waals surface area contributed by atoms with Gasteiger partial charge in [0.15, 0.2) is 5.11 Å². The van der Waals surface area contributed by atoms with Gasteiger partial charge in [0.2, 0.25) is 0 Å². The van der Waals surface area contributed by atoms with Crippen LogP contribution in [-0.4, -0.2) is 15.8 Å². The highest BCUT2D eigenvalue weighted by Gasteiger charge is 2.06. The van der Waals surface area contributed by atoms with E-state index in [4.69, 9.17) is 35.4 Å². The van der Waals surface area contributed by atoms with Crippen molar-refractivity contribution in [3.63, 3.8) is 0 Å². The number of aromatic nitrogens is 1. The van der Waals surface area contributed by atoms with E-state index in [1.807, 2.05) is 25.1 Å². The Morgan fingerprint density at radius 2 is 1.86 bits per heavy atom. The SMILES string of the molecule is C/C(=N\NC(=S)Nc1c(Cl)cccc1Cl)c1ccccn1. The highest BCUT2D eigenvalue weighted by molar-refractivity contribution is 7.80. The molecular formula is C14H12Cl2N4S. The molecule has 0 fully saturated rings. The average Bonchev–Trinajstić information content (AvgIpc) is 2.49. The third-order valence-corrected chi connectivity index (χ3v) is 3.39. The summed E-state index contributed by atoms with van der Waals surface area (Å²) in [5.74, 6) is 0. The summed E-state index contributed by atoms with van der Waals surface area (Å²) in [6, 6.07) is 10.8. The van der Waals surface area contributed by atoms with Gasteiger partial charge in [0, 0.05) is 6.20 Å². The van der Waals surface area contributed by atoms with Crippen LogP contribution in [0.1, 0.15) is 12.6 Å². The molecule has 0 amide bonds. The molecule has 0 spiro atoms. The number of rotatable bonds is 3. The van der Waals surface area contributed by atoms with E-state index in [-0.39, 0.29) is 0 Å². The van der Waals surface area contributed by atoms with Gasteiger partial charge in [-0.05, 0) is 43.4 Å². The second-order valence-corrected chi connectivity index (χ2v) is 5.30. The molecule has 0 aliphatic carbocycles. The normalized spacial score (nSPS) is 11.1. The fraction of sp³-hybridized carbons (Fsp3) is 0.0714. The van der Waals surface area contributed by atoms with Gasteiger partial charge in [0.05, 0.1) is 27.1 Å². The average molecular weight is 339 g/mol. The minimum absolute atomic E-state index is 0.292. The van der Waals surface area contributed by atoms with Crippen LogP contribution in [0.5, 0.6) is 0 Å². The molecule has 0 bridgehead atoms. The Bertz CT molecular complexity index is 654. The second kappa shape index (κ2) is 7.36. The Hall–Kier alpha value is -1.69. The number of halogens is 2. The van der Waals surface area contributed by atoms with Crippen molar-refractivity contribution < 1.29 is 0 Å². The molecule has 7 heteroatoms. The first kappa shape index (κ1) is 15.7. The fourth-order valence-electron chi connectivity index (χ4n) is 1.53. The van der Waals surface area contributed by atoms with Crippen molar-refractivity contribution >= 4 is 51.9 Å². The zero-order valence-corrected chi connectivity index (χ0v) is 13.4. The minimum Gasteiger partial charge on any atom is -0.329 e. The van der Waals surface area contributed by atoms with Gasteiger partial charge in [0.1, 0.15) is 0 Å². The Labute approximate surface area is 138 Å². The van der Waals surface area contributed by atoms with Gasteiger partial charge < -0.3 is 5.32 Å². The first-order valence-electron chi connectivity index (χ1n) is 6.04. The quantitative estimate of drug-likeness (QED) is 0.502. The van der Waals surface area contributed by atoms with E-state index in [1.165, 1.54) is 0 Å². The lowest BCUT2D eigenvalue weighted by Gasteiger charge is -2.10. The molecule has 0 aliphatic rings. The van der Waals surface area contributed by atoms with Gasteiger partial charge in [-0.25, -0.2) is 0 Å². The maximum absolute atomic E-state index is 6.05. The zero-order chi connectivity index (χ0) is 15.2. The Kier molecular flexibility index (Phi) is 5.50. The van der Waals surface area contributed by atoms with E-state index in [2.05, 4.69) is 20.8 Å². The van der Waals surface area contributed by atoms with Crippen molar-refractivity contribution in [1.29, 1.82) is 0 Å². The molecule has 2 aromatic rings. The molecule has 1 aromatic heterocycles. The van der Waals surface area contributed by atoms with Crippen LogP contribution in [0.3, 0.4) is 0 Å². The maximum atomic E-state index is 6.05. The molecule has 0 saturated heterocycles. The number of nitrogens with one attached hydrogen (secondary N) is 2. The molecule has 108 valence electrons. The van der Waals surface area contributed by atoms with E-state index in [9.17, 15) is 0 Å². The molecule has 0 saturated carbocycles. The van der Waals surface area contributed by atoms with Crippen LogP contribution in [0.15, 0.2) is 47.7 Å². The largest absolute Gasteiger partial charge is 0.329 e. The highest BCUT2D eigenvalue weighted by atomic mass is 35.5. The maximum Gasteiger partial charge on any atom is 0.191 e. The number of hydrogen-bond donors (Lipinski definition) is 2. The summed E-state index contributed by atoms with van der Waals surface area (Å²) in [5.41, 5.74) is 4.76. The third kappa shape index (κ3) is 4.39. The minimum atomic E-state index is 0.292. The number of nitrogens with zero attached hydrogens (tertiary/aromatic N) is 2. The standard InChI is InChI=1S/C14H12Cl2N4S/c1-9(12-7-2-3-8-17-12)19-20-14(21)18-13-10(15)5-4-6-11(13)16/h2-8H,1H3,(H2,18,20,21)/b19-9+. The Morgan fingerprint density at radius 1 is 1.14 bits per heavy atom. The van der Waals surface area contributed by atoms with Crippen molar-refractivity contribution in [2.45, 2.75) is 6.92 Å². The summed E-state index contributed by atoms with van der Waals surface area (Å²) in [6.07, 6.45) is 1.70. The zero-order valence-electron chi connectivity index (χ0n) is 11.1. The van der Waals surface area contributed by atoms with Crippen LogP contribution in [-0.2, 0) is 0 Å². The molecular weight excluding hydrogens is 327 g/mol. The van der Waals surface area contributed by atoms with Gasteiger partial charge in [-0.2, -0.15) is 5.10 Å². The first-order chi connectivity index (χ1) is 10.1. The predicted molar refractivity (Wildman–Crippen MR) is 92.3 cm³/mol. The summed E-state index contributed by atoms with van der Waals surface area (Å²) in [5, 5.41) is 8.34. The van der Waals surface area contributed by atoms with Gasteiger partial charge in [-0.3, -0.25) is 10.4 Å². The van der Waals surface area contributed by atoms with Gasteiger partial charge >= 0.3 is 0 Å². The van der Waals surface area contributed by atoms with Crippen molar-refractivity contribution in [3.05, 3.63) is 58.3 Å². The second-order valence-electron chi connectivity index (χ2n) is 4.07. The van der Waals surface area contributed by atoms with Gasteiger partial charge in [0.25, 0.3) is 0 Å². The number of benzene rings is 1. The molecule has 2 rings (SSSR count). The number of hydrazone groups is 1. The Morgan fingerprint density at radius 3 is 2.48 bits per heavy atom. The van der Waals surface area contributed by atoms with Crippen molar-refractivity contribution in [3.8, 4) is 0 Å². The molecule has 0 atom stereocenters. The molecule has 4 nitrogen and oxygen atoms in total. The molecule has 1 heterocycles. The topological polar surface area (TPSA) is 49.3 Å². The lowest BCUT2D eigenvalue weighted by atomic mass is 10.3. The van der Waals surface area contributed by atoms with Crippen LogP contribution in [0.25, 0.3) is 0 Å². The van der Waals surface area contributed by atoms with Crippen LogP contribution in [0.2, 0.25) is 10.0 Å². The van der Waals surface area contributed by atoms with E-state index in [1.54, 1.807) is 24.4 Å². The van der Waals surface area contributed by atoms with Crippen LogP contribution in [0.4, 0.5) is 5.69 Å². The van der Waals surface area contributed by atoms with Crippen molar-refractivity contribution in [1.82, 2.24) is 10.4 Å². The molecule has 0 unspecified atom stereocenters. The van der Waals surface area contributed by atoms with Crippen molar-refractivity contribution in [2.24, 2.45) is 5.10 Å². The monoisotopic (exact) mass is 338 g/mol. The molecule has 0 radical (unpaired) electrons. The third-order valence-electron chi connectivity index (χ3n) is 2.56. The van der Waals surface area contributed by atoms with Crippen LogP contribution < -0.4 is 10.7 Å². The van der Waals surface area contributed by atoms with Crippen LogP contribution in [0, 0.1) is 0 Å². The lowest BCUT2D eigenvalue weighted by Crippen LogP contribution is -2.25. The van der Waals surface area contributed by atoms with E-state index < -0.39 is 0 Å². The summed E-state index contributed by atoms with van der Waals surface area (Å²) < 4.78 is 0. The van der Waals surface area contributed by atoms with Gasteiger partial charge in [-0.15, -0.1) is 0 Å². The number of hydrogen-bond acceptors (Lipinski definition) is 3. The lowest BCUT2D eigenvalue weighted by molar-refractivity contribution is 1.03. The van der Waals surface area contributed by atoms with E-state index in [0.717, 1.165) is 5.69 Å². The number of pyridine rings is 1.